The minimum Gasteiger partial charge on any atom is -0.370 e. The Hall–Kier alpha value is -1.03. The molecular formula is C5H12N4. The van der Waals surface area contributed by atoms with E-state index in [4.69, 9.17) is 11.5 Å². The summed E-state index contributed by atoms with van der Waals surface area (Å²) in [5.41, 5.74) is 11.1. The smallest absolute Gasteiger partial charge is 0.192 e. The van der Waals surface area contributed by atoms with Gasteiger partial charge in [0.15, 0.2) is 5.96 Å². The summed E-state index contributed by atoms with van der Waals surface area (Å²) in [5, 5.41) is 2.69. The molecule has 0 aromatic rings. The van der Waals surface area contributed by atoms with Crippen LogP contribution in [0, 0.1) is 0 Å². The number of nitrogens with two attached hydrogens (primary N) is 2. The number of nitrogens with one attached hydrogen (secondary N) is 1. The normalized spacial score (nSPS) is 11.1. The van der Waals surface area contributed by atoms with Gasteiger partial charge in [-0.05, 0) is 0 Å². The second-order valence-corrected chi connectivity index (χ2v) is 1.54. The average molecular weight is 128 g/mol. The van der Waals surface area contributed by atoms with Crippen molar-refractivity contribution in [2.75, 3.05) is 13.6 Å². The molecule has 4 nitrogen and oxygen atoms in total. The summed E-state index contributed by atoms with van der Waals surface area (Å²) in [7, 11) is 1.59. The van der Waals surface area contributed by atoms with Gasteiger partial charge >= 0.3 is 0 Å². The van der Waals surface area contributed by atoms with Crippen LogP contribution in [0.25, 0.3) is 0 Å². The second kappa shape index (κ2) is 3.91. The van der Waals surface area contributed by atoms with E-state index in [9.17, 15) is 0 Å². The first-order valence-corrected chi connectivity index (χ1v) is 2.57. The molecule has 4 heteroatoms. The molecule has 0 aromatic carbocycles. The van der Waals surface area contributed by atoms with Gasteiger partial charge in [-0.1, -0.05) is 6.58 Å². The first-order valence-electron chi connectivity index (χ1n) is 2.57. The molecule has 0 aliphatic rings. The maximum Gasteiger partial charge on any atom is 0.192 e. The molecule has 0 unspecified atom stereocenters. The van der Waals surface area contributed by atoms with Crippen LogP contribution in [0.5, 0.6) is 0 Å². The molecule has 9 heavy (non-hydrogen) atoms. The van der Waals surface area contributed by atoms with Gasteiger partial charge in [-0.25, -0.2) is 0 Å². The van der Waals surface area contributed by atoms with Gasteiger partial charge in [0.2, 0.25) is 0 Å². The first-order chi connectivity index (χ1) is 4.20. The number of aliphatic imine (C=N–C) groups is 1. The van der Waals surface area contributed by atoms with E-state index in [0.29, 0.717) is 18.2 Å². The summed E-state index contributed by atoms with van der Waals surface area (Å²) in [6.45, 7) is 3.94. The van der Waals surface area contributed by atoms with Gasteiger partial charge in [-0.2, -0.15) is 0 Å². The van der Waals surface area contributed by atoms with Crippen molar-refractivity contribution in [1.29, 1.82) is 0 Å². The largest absolute Gasteiger partial charge is 0.370 e. The van der Waals surface area contributed by atoms with Gasteiger partial charge in [-0.15, -0.1) is 0 Å². The van der Waals surface area contributed by atoms with Crippen LogP contribution in [0.15, 0.2) is 17.3 Å². The Morgan fingerprint density at radius 2 is 2.33 bits per heavy atom. The third-order valence-electron chi connectivity index (χ3n) is 0.792. The Morgan fingerprint density at radius 3 is 2.67 bits per heavy atom. The lowest BCUT2D eigenvalue weighted by Crippen LogP contribution is -2.32. The van der Waals surface area contributed by atoms with Gasteiger partial charge in [0.25, 0.3) is 0 Å². The van der Waals surface area contributed by atoms with E-state index >= 15 is 0 Å². The van der Waals surface area contributed by atoms with E-state index < -0.39 is 0 Å². The molecule has 0 bridgehead atoms. The molecule has 52 valence electrons. The molecule has 0 rings (SSSR count). The van der Waals surface area contributed by atoms with Gasteiger partial charge in [0.05, 0.1) is 0 Å². The summed E-state index contributed by atoms with van der Waals surface area (Å²) in [4.78, 5) is 3.64. The monoisotopic (exact) mass is 128 g/mol. The molecule has 0 atom stereocenters. The highest BCUT2D eigenvalue weighted by Gasteiger charge is 1.88. The molecule has 0 radical (unpaired) electrons. The molecule has 0 saturated heterocycles. The Balaban J connectivity index is 3.60. The van der Waals surface area contributed by atoms with Crippen LogP contribution in [-0.2, 0) is 0 Å². The summed E-state index contributed by atoms with van der Waals surface area (Å²) in [5.74, 6) is 0.338. The zero-order valence-corrected chi connectivity index (χ0v) is 5.52. The lowest BCUT2D eigenvalue weighted by molar-refractivity contribution is 1.00. The molecule has 0 heterocycles. The molecule has 0 amide bonds. The lowest BCUT2D eigenvalue weighted by atomic mass is 10.5. The lowest BCUT2D eigenvalue weighted by Gasteiger charge is -2.03. The quantitative estimate of drug-likeness (QED) is 0.329. The van der Waals surface area contributed by atoms with Crippen LogP contribution in [0.4, 0.5) is 0 Å². The van der Waals surface area contributed by atoms with Crippen molar-refractivity contribution < 1.29 is 0 Å². The molecule has 0 aliphatic carbocycles. The maximum atomic E-state index is 5.27. The Labute approximate surface area is 54.6 Å². The van der Waals surface area contributed by atoms with E-state index in [0.717, 1.165) is 0 Å². The number of hydrogen-bond donors (Lipinski definition) is 3. The Kier molecular flexibility index (Phi) is 3.46. The molecular weight excluding hydrogens is 116 g/mol. The highest BCUT2D eigenvalue weighted by molar-refractivity contribution is 5.79. The fourth-order valence-corrected chi connectivity index (χ4v) is 0.288. The zero-order chi connectivity index (χ0) is 7.28. The number of rotatable bonds is 2. The predicted octanol–water partition coefficient (Wildman–Crippen LogP) is -1.01. The summed E-state index contributed by atoms with van der Waals surface area (Å²) in [6, 6.07) is 0. The minimum absolute atomic E-state index is 0.338. The fraction of sp³-hybridized carbons (Fsp3) is 0.400. The van der Waals surface area contributed by atoms with Crippen molar-refractivity contribution in [2.45, 2.75) is 0 Å². The van der Waals surface area contributed by atoms with Gasteiger partial charge in [-0.3, -0.25) is 4.99 Å². The van der Waals surface area contributed by atoms with Crippen molar-refractivity contribution in [3.8, 4) is 0 Å². The third kappa shape index (κ3) is 3.54. The molecule has 0 spiro atoms. The molecule has 5 N–H and O–H groups in total. The van der Waals surface area contributed by atoms with Crippen LogP contribution < -0.4 is 16.8 Å². The van der Waals surface area contributed by atoms with Gasteiger partial charge in [0, 0.05) is 19.3 Å². The first kappa shape index (κ1) is 7.97. The molecule has 0 aliphatic heterocycles. The topological polar surface area (TPSA) is 76.4 Å². The van der Waals surface area contributed by atoms with Crippen LogP contribution in [-0.4, -0.2) is 19.6 Å². The molecule has 0 saturated carbocycles. The van der Waals surface area contributed by atoms with E-state index in [1.165, 1.54) is 0 Å². The predicted molar refractivity (Wildman–Crippen MR) is 38.9 cm³/mol. The van der Waals surface area contributed by atoms with Crippen LogP contribution in [0.3, 0.4) is 0 Å². The second-order valence-electron chi connectivity index (χ2n) is 1.54. The Morgan fingerprint density at radius 1 is 1.78 bits per heavy atom. The van der Waals surface area contributed by atoms with E-state index in [1.807, 2.05) is 0 Å². The van der Waals surface area contributed by atoms with Crippen LogP contribution >= 0.6 is 0 Å². The van der Waals surface area contributed by atoms with Gasteiger partial charge < -0.3 is 16.8 Å². The van der Waals surface area contributed by atoms with E-state index in [1.54, 1.807) is 7.05 Å². The SMILES string of the molecule is C=C(CN)NC(N)=NC. The number of nitrogens with zero attached hydrogens (tertiary/aromatic N) is 1. The fourth-order valence-electron chi connectivity index (χ4n) is 0.288. The van der Waals surface area contributed by atoms with Crippen molar-refractivity contribution in [3.05, 3.63) is 12.3 Å². The van der Waals surface area contributed by atoms with Crippen molar-refractivity contribution >= 4 is 5.96 Å². The maximum absolute atomic E-state index is 5.27. The number of hydrogen-bond acceptors (Lipinski definition) is 2. The van der Waals surface area contributed by atoms with E-state index in [-0.39, 0.29) is 0 Å². The zero-order valence-electron chi connectivity index (χ0n) is 5.52. The van der Waals surface area contributed by atoms with Crippen molar-refractivity contribution in [1.82, 2.24) is 5.32 Å². The van der Waals surface area contributed by atoms with Crippen molar-refractivity contribution in [3.63, 3.8) is 0 Å². The van der Waals surface area contributed by atoms with Crippen molar-refractivity contribution in [2.24, 2.45) is 16.5 Å². The standard InChI is InChI=1S/C5H12N4/c1-4(3-6)9-5(7)8-2/h1,3,6H2,2H3,(H3,7,8,9). The third-order valence-corrected chi connectivity index (χ3v) is 0.792. The highest BCUT2D eigenvalue weighted by atomic mass is 15.1. The van der Waals surface area contributed by atoms with Crippen LogP contribution in [0.2, 0.25) is 0 Å². The van der Waals surface area contributed by atoms with Gasteiger partial charge in [0.1, 0.15) is 0 Å². The number of guanidine groups is 1. The molecule has 0 fully saturated rings. The summed E-state index contributed by atoms with van der Waals surface area (Å²) < 4.78 is 0. The van der Waals surface area contributed by atoms with E-state index in [2.05, 4.69) is 16.9 Å². The Bertz CT molecular complexity index is 127. The summed E-state index contributed by atoms with van der Waals surface area (Å²) in [6.07, 6.45) is 0. The molecule has 0 aromatic heterocycles. The average Bonchev–Trinajstić information content (AvgIpc) is 1.87. The highest BCUT2D eigenvalue weighted by Crippen LogP contribution is 1.74. The van der Waals surface area contributed by atoms with Crippen LogP contribution in [0.1, 0.15) is 0 Å². The minimum atomic E-state index is 0.338. The summed E-state index contributed by atoms with van der Waals surface area (Å²) >= 11 is 0.